The molecule has 0 saturated heterocycles. The smallest absolute Gasteiger partial charge is 0.336 e. The Morgan fingerprint density at radius 1 is 1.14 bits per heavy atom. The fourth-order valence-corrected chi connectivity index (χ4v) is 2.57. The van der Waals surface area contributed by atoms with Crippen molar-refractivity contribution in [2.45, 2.75) is 0 Å². The van der Waals surface area contributed by atoms with Gasteiger partial charge in [0, 0.05) is 15.0 Å². The first kappa shape index (κ1) is 15.5. The lowest BCUT2D eigenvalue weighted by Gasteiger charge is -2.08. The molecule has 0 fully saturated rings. The third-order valence-electron chi connectivity index (χ3n) is 2.47. The van der Waals surface area contributed by atoms with E-state index in [0.717, 1.165) is 0 Å². The second-order valence-corrected chi connectivity index (χ2v) is 5.72. The minimum atomic E-state index is -1.06. The van der Waals surface area contributed by atoms with Crippen LogP contribution in [0.4, 0.5) is 5.69 Å². The SMILES string of the molecule is O=C(O)c1ccc(Oc2cc(Br)cc([N+](=O)[O-])c2)cc1Br. The zero-order valence-electron chi connectivity index (χ0n) is 10.2. The van der Waals surface area contributed by atoms with Crippen molar-refractivity contribution in [1.82, 2.24) is 0 Å². The molecule has 0 heterocycles. The van der Waals surface area contributed by atoms with Crippen LogP contribution in [0.15, 0.2) is 45.3 Å². The highest BCUT2D eigenvalue weighted by Crippen LogP contribution is 2.31. The summed E-state index contributed by atoms with van der Waals surface area (Å²) in [6.45, 7) is 0. The molecule has 0 aliphatic carbocycles. The summed E-state index contributed by atoms with van der Waals surface area (Å²) in [5, 5.41) is 19.7. The molecule has 2 aromatic rings. The lowest BCUT2D eigenvalue weighted by Crippen LogP contribution is -1.97. The van der Waals surface area contributed by atoms with Gasteiger partial charge < -0.3 is 9.84 Å². The fourth-order valence-electron chi connectivity index (χ4n) is 1.58. The molecule has 0 spiro atoms. The number of hydrogen-bond donors (Lipinski definition) is 1. The predicted octanol–water partition coefficient (Wildman–Crippen LogP) is 4.61. The maximum Gasteiger partial charge on any atom is 0.336 e. The van der Waals surface area contributed by atoms with Gasteiger partial charge in [-0.05, 0) is 40.2 Å². The number of halogens is 2. The Morgan fingerprint density at radius 2 is 1.86 bits per heavy atom. The summed E-state index contributed by atoms with van der Waals surface area (Å²) in [6, 6.07) is 8.55. The molecule has 0 amide bonds. The van der Waals surface area contributed by atoms with E-state index >= 15 is 0 Å². The van der Waals surface area contributed by atoms with Gasteiger partial charge in [0.25, 0.3) is 5.69 Å². The molecule has 6 nitrogen and oxygen atoms in total. The predicted molar refractivity (Wildman–Crippen MR) is 82.0 cm³/mol. The van der Waals surface area contributed by atoms with Gasteiger partial charge >= 0.3 is 5.97 Å². The van der Waals surface area contributed by atoms with Gasteiger partial charge in [-0.1, -0.05) is 15.9 Å². The Hall–Kier alpha value is -1.93. The number of rotatable bonds is 4. The van der Waals surface area contributed by atoms with Crippen LogP contribution in [-0.4, -0.2) is 16.0 Å². The second-order valence-electron chi connectivity index (χ2n) is 3.95. The molecule has 0 unspecified atom stereocenters. The molecule has 21 heavy (non-hydrogen) atoms. The molecule has 0 aliphatic heterocycles. The van der Waals surface area contributed by atoms with Gasteiger partial charge in [0.1, 0.15) is 11.5 Å². The standard InChI is InChI=1S/C13H7Br2NO5/c14-7-3-8(16(19)20)5-10(4-7)21-9-1-2-11(13(17)18)12(15)6-9/h1-6H,(H,17,18). The molecule has 0 aromatic heterocycles. The van der Waals surface area contributed by atoms with E-state index in [-0.39, 0.29) is 17.0 Å². The maximum atomic E-state index is 10.9. The van der Waals surface area contributed by atoms with Gasteiger partial charge in [0.05, 0.1) is 16.6 Å². The third kappa shape index (κ3) is 3.79. The summed E-state index contributed by atoms with van der Waals surface area (Å²) < 4.78 is 6.37. The Bertz CT molecular complexity index is 732. The number of nitro groups is 1. The summed E-state index contributed by atoms with van der Waals surface area (Å²) in [6.07, 6.45) is 0. The number of non-ortho nitro benzene ring substituents is 1. The average Bonchev–Trinajstić information content (AvgIpc) is 2.37. The lowest BCUT2D eigenvalue weighted by atomic mass is 10.2. The summed E-state index contributed by atoms with van der Waals surface area (Å²) >= 11 is 6.30. The minimum absolute atomic E-state index is 0.0996. The molecular formula is C13H7Br2NO5. The van der Waals surface area contributed by atoms with Crippen molar-refractivity contribution in [1.29, 1.82) is 0 Å². The Kier molecular flexibility index (Phi) is 4.59. The average molecular weight is 417 g/mol. The van der Waals surface area contributed by atoms with Gasteiger partial charge in [-0.25, -0.2) is 4.79 Å². The van der Waals surface area contributed by atoms with Crippen molar-refractivity contribution < 1.29 is 19.6 Å². The van der Waals surface area contributed by atoms with Crippen LogP contribution in [0.25, 0.3) is 0 Å². The van der Waals surface area contributed by atoms with Crippen molar-refractivity contribution in [2.75, 3.05) is 0 Å². The van der Waals surface area contributed by atoms with Gasteiger partial charge in [-0.2, -0.15) is 0 Å². The number of nitrogens with zero attached hydrogens (tertiary/aromatic N) is 1. The van der Waals surface area contributed by atoms with Crippen LogP contribution in [-0.2, 0) is 0 Å². The van der Waals surface area contributed by atoms with Crippen LogP contribution in [0.2, 0.25) is 0 Å². The van der Waals surface area contributed by atoms with Crippen LogP contribution < -0.4 is 4.74 Å². The monoisotopic (exact) mass is 415 g/mol. The fraction of sp³-hybridized carbons (Fsp3) is 0. The zero-order valence-corrected chi connectivity index (χ0v) is 13.4. The molecule has 2 aromatic carbocycles. The van der Waals surface area contributed by atoms with E-state index in [9.17, 15) is 14.9 Å². The van der Waals surface area contributed by atoms with E-state index < -0.39 is 10.9 Å². The number of nitro benzene ring substituents is 1. The number of carbonyl (C=O) groups is 1. The Morgan fingerprint density at radius 3 is 2.43 bits per heavy atom. The molecule has 2 rings (SSSR count). The Labute approximate surface area is 135 Å². The lowest BCUT2D eigenvalue weighted by molar-refractivity contribution is -0.385. The normalized spacial score (nSPS) is 10.2. The molecule has 8 heteroatoms. The first-order valence-corrected chi connectivity index (χ1v) is 7.11. The van der Waals surface area contributed by atoms with Crippen molar-refractivity contribution >= 4 is 43.5 Å². The summed E-state index contributed by atoms with van der Waals surface area (Å²) in [7, 11) is 0. The quantitative estimate of drug-likeness (QED) is 0.580. The van der Waals surface area contributed by atoms with Gasteiger partial charge in [0.2, 0.25) is 0 Å². The van der Waals surface area contributed by atoms with Gasteiger partial charge in [0.15, 0.2) is 0 Å². The largest absolute Gasteiger partial charge is 0.478 e. The maximum absolute atomic E-state index is 10.9. The van der Waals surface area contributed by atoms with E-state index in [4.69, 9.17) is 9.84 Å². The highest BCUT2D eigenvalue weighted by Gasteiger charge is 2.12. The number of ether oxygens (including phenoxy) is 1. The van der Waals surface area contributed by atoms with Crippen LogP contribution in [0.3, 0.4) is 0 Å². The molecule has 0 radical (unpaired) electrons. The molecule has 0 bridgehead atoms. The number of aromatic carboxylic acids is 1. The summed E-state index contributed by atoms with van der Waals surface area (Å²) in [5.41, 5.74) is -0.0110. The first-order valence-electron chi connectivity index (χ1n) is 5.52. The van der Waals surface area contributed by atoms with Crippen molar-refractivity contribution in [3.8, 4) is 11.5 Å². The minimum Gasteiger partial charge on any atom is -0.478 e. The molecule has 1 N–H and O–H groups in total. The first-order chi connectivity index (χ1) is 9.86. The topological polar surface area (TPSA) is 89.7 Å². The zero-order chi connectivity index (χ0) is 15.6. The number of hydrogen-bond acceptors (Lipinski definition) is 4. The van der Waals surface area contributed by atoms with Crippen LogP contribution in [0.1, 0.15) is 10.4 Å². The molecule has 0 atom stereocenters. The van der Waals surface area contributed by atoms with E-state index in [2.05, 4.69) is 31.9 Å². The summed E-state index contributed by atoms with van der Waals surface area (Å²) in [4.78, 5) is 21.2. The van der Waals surface area contributed by atoms with Crippen molar-refractivity contribution in [3.63, 3.8) is 0 Å². The van der Waals surface area contributed by atoms with Crippen LogP contribution >= 0.6 is 31.9 Å². The van der Waals surface area contributed by atoms with E-state index in [1.807, 2.05) is 0 Å². The summed E-state index contributed by atoms with van der Waals surface area (Å²) in [5.74, 6) is -0.433. The molecular weight excluding hydrogens is 410 g/mol. The van der Waals surface area contributed by atoms with Crippen LogP contribution in [0.5, 0.6) is 11.5 Å². The number of carboxylic acids is 1. The van der Waals surface area contributed by atoms with E-state index in [1.165, 1.54) is 30.3 Å². The van der Waals surface area contributed by atoms with Crippen molar-refractivity contribution in [2.24, 2.45) is 0 Å². The molecule has 0 aliphatic rings. The Balaban J connectivity index is 2.32. The van der Waals surface area contributed by atoms with Gasteiger partial charge in [-0.15, -0.1) is 0 Å². The highest BCUT2D eigenvalue weighted by atomic mass is 79.9. The number of carboxylic acid groups (broad SMARTS) is 1. The van der Waals surface area contributed by atoms with Crippen molar-refractivity contribution in [3.05, 3.63) is 61.0 Å². The van der Waals surface area contributed by atoms with Gasteiger partial charge in [-0.3, -0.25) is 10.1 Å². The molecule has 108 valence electrons. The second kappa shape index (κ2) is 6.23. The van der Waals surface area contributed by atoms with E-state index in [0.29, 0.717) is 14.7 Å². The highest BCUT2D eigenvalue weighted by molar-refractivity contribution is 9.10. The number of benzene rings is 2. The van der Waals surface area contributed by atoms with E-state index in [1.54, 1.807) is 6.07 Å². The third-order valence-corrected chi connectivity index (χ3v) is 3.59. The van der Waals surface area contributed by atoms with Crippen LogP contribution in [0, 0.1) is 10.1 Å². The molecule has 0 saturated carbocycles.